The molecule has 0 saturated carbocycles. The minimum atomic E-state index is 0. The maximum absolute atomic E-state index is 8.53. The second kappa shape index (κ2) is 6.64. The van der Waals surface area contributed by atoms with Gasteiger partial charge in [0.2, 0.25) is 5.95 Å². The summed E-state index contributed by atoms with van der Waals surface area (Å²) in [6.07, 6.45) is 0.654. The van der Waals surface area contributed by atoms with E-state index < -0.39 is 0 Å². The third-order valence-electron chi connectivity index (χ3n) is 1.35. The Bertz CT molecular complexity index is 264. The number of aromatic nitrogens is 2. The Morgan fingerprint density at radius 3 is 2.79 bits per heavy atom. The third kappa shape index (κ3) is 4.45. The van der Waals surface area contributed by atoms with Gasteiger partial charge in [-0.1, -0.05) is 11.6 Å². The average Bonchev–Trinajstić information content (AvgIpc) is 2.03. The number of aliphatic hydroxyl groups is 1. The van der Waals surface area contributed by atoms with Crippen LogP contribution in [0, 0.1) is 0 Å². The summed E-state index contributed by atoms with van der Waals surface area (Å²) in [5, 5.41) is 11.8. The lowest BCUT2D eigenvalue weighted by Crippen LogP contribution is -2.06. The van der Waals surface area contributed by atoms with E-state index >= 15 is 0 Å². The van der Waals surface area contributed by atoms with Crippen LogP contribution in [0.25, 0.3) is 0 Å². The Morgan fingerprint density at radius 2 is 2.21 bits per heavy atom. The van der Waals surface area contributed by atoms with Crippen molar-refractivity contribution < 1.29 is 5.11 Å². The van der Waals surface area contributed by atoms with Gasteiger partial charge in [0.15, 0.2) is 0 Å². The van der Waals surface area contributed by atoms with Gasteiger partial charge in [-0.15, -0.1) is 12.4 Å². The molecule has 0 unspecified atom stereocenters. The summed E-state index contributed by atoms with van der Waals surface area (Å²) in [7, 11) is 0. The van der Waals surface area contributed by atoms with E-state index in [2.05, 4.69) is 15.3 Å². The van der Waals surface area contributed by atoms with E-state index in [-0.39, 0.29) is 25.0 Å². The molecule has 0 amide bonds. The first-order valence-corrected chi connectivity index (χ1v) is 4.25. The summed E-state index contributed by atoms with van der Waals surface area (Å²) in [6.45, 7) is 0.768. The van der Waals surface area contributed by atoms with Crippen molar-refractivity contribution in [3.8, 4) is 0 Å². The fourth-order valence-electron chi connectivity index (χ4n) is 0.821. The zero-order chi connectivity index (χ0) is 9.68. The van der Waals surface area contributed by atoms with Crippen LogP contribution < -0.4 is 11.1 Å². The van der Waals surface area contributed by atoms with Crippen LogP contribution >= 0.6 is 24.0 Å². The zero-order valence-corrected chi connectivity index (χ0v) is 8.98. The van der Waals surface area contributed by atoms with Gasteiger partial charge in [-0.05, 0) is 6.42 Å². The van der Waals surface area contributed by atoms with Crippen molar-refractivity contribution in [2.75, 3.05) is 24.2 Å². The Hall–Kier alpha value is -0.780. The number of halogens is 2. The van der Waals surface area contributed by atoms with Gasteiger partial charge in [-0.3, -0.25) is 0 Å². The number of nitrogens with one attached hydrogen (secondary N) is 1. The molecule has 1 rings (SSSR count). The smallest absolute Gasteiger partial charge is 0.223 e. The molecule has 14 heavy (non-hydrogen) atoms. The van der Waals surface area contributed by atoms with Gasteiger partial charge in [-0.2, -0.15) is 4.98 Å². The molecule has 0 spiro atoms. The quantitative estimate of drug-likeness (QED) is 0.537. The van der Waals surface area contributed by atoms with Crippen LogP contribution in [-0.4, -0.2) is 28.2 Å². The molecule has 0 aliphatic carbocycles. The maximum atomic E-state index is 8.53. The average molecular weight is 239 g/mol. The highest BCUT2D eigenvalue weighted by Crippen LogP contribution is 2.11. The second-order valence-electron chi connectivity index (χ2n) is 2.44. The molecule has 0 saturated heterocycles. The summed E-state index contributed by atoms with van der Waals surface area (Å²) in [4.78, 5) is 7.60. The van der Waals surface area contributed by atoms with Crippen LogP contribution in [0.3, 0.4) is 0 Å². The van der Waals surface area contributed by atoms with Crippen LogP contribution in [0.1, 0.15) is 6.42 Å². The lowest BCUT2D eigenvalue weighted by molar-refractivity contribution is 0.292. The Labute approximate surface area is 93.1 Å². The van der Waals surface area contributed by atoms with Gasteiger partial charge in [0.05, 0.1) is 0 Å². The Kier molecular flexibility index (Phi) is 6.27. The molecular formula is C7H12Cl2N4O. The predicted molar refractivity (Wildman–Crippen MR) is 58.9 cm³/mol. The lowest BCUT2D eigenvalue weighted by Gasteiger charge is -2.04. The van der Waals surface area contributed by atoms with E-state index in [0.29, 0.717) is 23.9 Å². The first kappa shape index (κ1) is 13.2. The van der Waals surface area contributed by atoms with Crippen molar-refractivity contribution in [3.63, 3.8) is 0 Å². The zero-order valence-electron chi connectivity index (χ0n) is 7.40. The molecule has 0 aliphatic heterocycles. The number of hydrogen-bond donors (Lipinski definition) is 3. The van der Waals surface area contributed by atoms with Crippen molar-refractivity contribution in [1.29, 1.82) is 0 Å². The number of aliphatic hydroxyl groups excluding tert-OH is 1. The third-order valence-corrected chi connectivity index (χ3v) is 1.55. The molecule has 1 aromatic heterocycles. The molecule has 80 valence electrons. The van der Waals surface area contributed by atoms with E-state index in [1.807, 2.05) is 0 Å². The van der Waals surface area contributed by atoms with Gasteiger partial charge in [-0.25, -0.2) is 4.98 Å². The molecule has 1 aromatic rings. The summed E-state index contributed by atoms with van der Waals surface area (Å²) in [5.41, 5.74) is 5.37. The fourth-order valence-corrected chi connectivity index (χ4v) is 1.01. The number of hydrogen-bond acceptors (Lipinski definition) is 5. The molecule has 7 heteroatoms. The standard InChI is InChI=1S/C7H11ClN4O.ClH/c8-5-4-6(10-2-1-3-13)12-7(9)11-5;/h4,13H,1-3H2,(H3,9,10,11,12);1H. The molecular weight excluding hydrogens is 227 g/mol. The highest BCUT2D eigenvalue weighted by molar-refractivity contribution is 6.29. The van der Waals surface area contributed by atoms with Crippen LogP contribution in [0.2, 0.25) is 5.15 Å². The largest absolute Gasteiger partial charge is 0.396 e. The van der Waals surface area contributed by atoms with Crippen molar-refractivity contribution in [2.24, 2.45) is 0 Å². The van der Waals surface area contributed by atoms with Crippen LogP contribution in [-0.2, 0) is 0 Å². The van der Waals surface area contributed by atoms with Gasteiger partial charge in [0.25, 0.3) is 0 Å². The molecule has 0 fully saturated rings. The van der Waals surface area contributed by atoms with E-state index in [9.17, 15) is 0 Å². The Morgan fingerprint density at radius 1 is 1.50 bits per heavy atom. The van der Waals surface area contributed by atoms with Gasteiger partial charge < -0.3 is 16.2 Å². The molecule has 4 N–H and O–H groups in total. The molecule has 0 atom stereocenters. The first-order chi connectivity index (χ1) is 6.22. The summed E-state index contributed by atoms with van der Waals surface area (Å²) < 4.78 is 0. The van der Waals surface area contributed by atoms with Crippen LogP contribution in [0.4, 0.5) is 11.8 Å². The van der Waals surface area contributed by atoms with E-state index in [1.54, 1.807) is 6.07 Å². The van der Waals surface area contributed by atoms with Crippen molar-refractivity contribution in [2.45, 2.75) is 6.42 Å². The number of rotatable bonds is 4. The summed E-state index contributed by atoms with van der Waals surface area (Å²) in [6, 6.07) is 1.58. The van der Waals surface area contributed by atoms with E-state index in [4.69, 9.17) is 22.4 Å². The Balaban J connectivity index is 0.00000169. The van der Waals surface area contributed by atoms with Gasteiger partial charge >= 0.3 is 0 Å². The lowest BCUT2D eigenvalue weighted by atomic mass is 10.4. The monoisotopic (exact) mass is 238 g/mol. The van der Waals surface area contributed by atoms with E-state index in [1.165, 1.54) is 0 Å². The highest BCUT2D eigenvalue weighted by Gasteiger charge is 1.98. The molecule has 0 radical (unpaired) electrons. The molecule has 0 aliphatic rings. The summed E-state index contributed by atoms with van der Waals surface area (Å²) >= 11 is 5.64. The number of nitrogens with zero attached hydrogens (tertiary/aromatic N) is 2. The van der Waals surface area contributed by atoms with E-state index in [0.717, 1.165) is 0 Å². The first-order valence-electron chi connectivity index (χ1n) is 3.87. The number of nitrogen functional groups attached to an aromatic ring is 1. The van der Waals surface area contributed by atoms with Crippen molar-refractivity contribution in [1.82, 2.24) is 9.97 Å². The molecule has 0 bridgehead atoms. The minimum Gasteiger partial charge on any atom is -0.396 e. The van der Waals surface area contributed by atoms with Crippen LogP contribution in [0.5, 0.6) is 0 Å². The normalized spacial score (nSPS) is 9.29. The second-order valence-corrected chi connectivity index (χ2v) is 2.83. The molecule has 0 aromatic carbocycles. The topological polar surface area (TPSA) is 84.1 Å². The minimum absolute atomic E-state index is 0. The van der Waals surface area contributed by atoms with Crippen LogP contribution in [0.15, 0.2) is 6.07 Å². The van der Waals surface area contributed by atoms with Crippen molar-refractivity contribution in [3.05, 3.63) is 11.2 Å². The number of nitrogens with two attached hydrogens (primary N) is 1. The predicted octanol–water partition coefficient (Wildman–Crippen LogP) is 0.928. The maximum Gasteiger partial charge on any atom is 0.223 e. The number of anilines is 2. The van der Waals surface area contributed by atoms with Gasteiger partial charge in [0.1, 0.15) is 11.0 Å². The summed E-state index contributed by atoms with van der Waals surface area (Å²) in [5.74, 6) is 0.713. The highest BCUT2D eigenvalue weighted by atomic mass is 35.5. The molecule has 1 heterocycles. The van der Waals surface area contributed by atoms with Crippen molar-refractivity contribution >= 4 is 35.8 Å². The fraction of sp³-hybridized carbons (Fsp3) is 0.429. The SMILES string of the molecule is Cl.Nc1nc(Cl)cc(NCCCO)n1. The van der Waals surface area contributed by atoms with Gasteiger partial charge in [0, 0.05) is 19.2 Å². The molecule has 5 nitrogen and oxygen atoms in total.